The standard InChI is InChI=1S/C62H40N2/c1-3-16-53(17-4-1)63(57-37-49-24-20-43-10-7-11-44-21-25-50(38-57)61(49)59(43)44)55-32-28-41(29-33-55)47-14-9-15-48(36-47)42-30-34-56(35-31-42)64(54-18-5-2-6-19-54)58-39-51-26-22-45-12-8-13-46-23-27-52(40-58)62(51)60(45)46/h1-40H. The lowest BCUT2D eigenvalue weighted by atomic mass is 9.93. The van der Waals surface area contributed by atoms with Crippen LogP contribution >= 0.6 is 0 Å². The average molecular weight is 813 g/mol. The van der Waals surface area contributed by atoms with E-state index in [2.05, 4.69) is 252 Å². The molecule has 0 fully saturated rings. The lowest BCUT2D eigenvalue weighted by molar-refractivity contribution is 1.29. The number of hydrogen-bond donors (Lipinski definition) is 0. The first kappa shape index (κ1) is 36.2. The average Bonchev–Trinajstić information content (AvgIpc) is 3.36. The highest BCUT2D eigenvalue weighted by Crippen LogP contribution is 2.44. The molecule has 0 atom stereocenters. The Morgan fingerprint density at radius 1 is 0.172 bits per heavy atom. The second-order valence-electron chi connectivity index (χ2n) is 17.0. The Labute approximate surface area is 371 Å². The van der Waals surface area contributed by atoms with Crippen molar-refractivity contribution >= 4 is 98.8 Å². The number of rotatable bonds is 8. The molecule has 0 unspecified atom stereocenters. The zero-order valence-corrected chi connectivity index (χ0v) is 35.0. The number of anilines is 6. The van der Waals surface area contributed by atoms with Crippen molar-refractivity contribution in [2.45, 2.75) is 0 Å². The van der Waals surface area contributed by atoms with Crippen LogP contribution in [0.3, 0.4) is 0 Å². The molecular weight excluding hydrogens is 773 g/mol. The summed E-state index contributed by atoms with van der Waals surface area (Å²) in [7, 11) is 0. The van der Waals surface area contributed by atoms with E-state index in [0.717, 1.165) is 34.1 Å². The van der Waals surface area contributed by atoms with E-state index in [1.54, 1.807) is 0 Å². The van der Waals surface area contributed by atoms with E-state index in [1.807, 2.05) is 0 Å². The molecule has 2 nitrogen and oxygen atoms in total. The van der Waals surface area contributed by atoms with Gasteiger partial charge < -0.3 is 9.80 Å². The highest BCUT2D eigenvalue weighted by Gasteiger charge is 2.19. The van der Waals surface area contributed by atoms with Gasteiger partial charge in [0.15, 0.2) is 0 Å². The van der Waals surface area contributed by atoms with Gasteiger partial charge in [0, 0.05) is 34.1 Å². The topological polar surface area (TPSA) is 6.48 Å². The maximum absolute atomic E-state index is 2.37. The molecule has 0 spiro atoms. The van der Waals surface area contributed by atoms with Gasteiger partial charge in [-0.1, -0.05) is 164 Å². The van der Waals surface area contributed by atoms with Gasteiger partial charge in [-0.15, -0.1) is 0 Å². The Hall–Kier alpha value is -8.46. The van der Waals surface area contributed by atoms with Crippen LogP contribution in [-0.2, 0) is 0 Å². The molecule has 0 aliphatic rings. The van der Waals surface area contributed by atoms with Crippen molar-refractivity contribution in [1.29, 1.82) is 0 Å². The zero-order chi connectivity index (χ0) is 42.1. The van der Waals surface area contributed by atoms with E-state index in [1.165, 1.54) is 86.9 Å². The fourth-order valence-corrected chi connectivity index (χ4v) is 10.3. The molecule has 0 saturated carbocycles. The lowest BCUT2D eigenvalue weighted by Crippen LogP contribution is -2.10. The summed E-state index contributed by atoms with van der Waals surface area (Å²) in [4.78, 5) is 4.74. The third-order valence-electron chi connectivity index (χ3n) is 13.2. The van der Waals surface area contributed by atoms with Crippen LogP contribution in [0.25, 0.3) is 86.9 Å². The summed E-state index contributed by atoms with van der Waals surface area (Å²) in [5.41, 5.74) is 11.5. The van der Waals surface area contributed by atoms with Gasteiger partial charge in [-0.05, 0) is 166 Å². The first-order valence-electron chi connectivity index (χ1n) is 22.1. The summed E-state index contributed by atoms with van der Waals surface area (Å²) >= 11 is 0. The maximum Gasteiger partial charge on any atom is 0.0473 e. The molecular formula is C62H40N2. The Kier molecular flexibility index (Phi) is 8.25. The van der Waals surface area contributed by atoms with Gasteiger partial charge in [-0.25, -0.2) is 0 Å². The Balaban J connectivity index is 0.834. The van der Waals surface area contributed by atoms with Crippen molar-refractivity contribution in [3.8, 4) is 22.3 Å². The number of nitrogens with zero attached hydrogens (tertiary/aromatic N) is 2. The van der Waals surface area contributed by atoms with Crippen molar-refractivity contribution in [3.05, 3.63) is 243 Å². The van der Waals surface area contributed by atoms with Crippen LogP contribution in [0, 0.1) is 0 Å². The monoisotopic (exact) mass is 812 g/mol. The van der Waals surface area contributed by atoms with Gasteiger partial charge in [0.2, 0.25) is 0 Å². The molecule has 2 heteroatoms. The van der Waals surface area contributed by atoms with Gasteiger partial charge in [-0.2, -0.15) is 0 Å². The van der Waals surface area contributed by atoms with Gasteiger partial charge in [0.05, 0.1) is 0 Å². The lowest BCUT2D eigenvalue weighted by Gasteiger charge is -2.27. The minimum atomic E-state index is 1.11. The predicted octanol–water partition coefficient (Wildman–Crippen LogP) is 17.8. The third kappa shape index (κ3) is 5.95. The van der Waals surface area contributed by atoms with Crippen LogP contribution < -0.4 is 9.80 Å². The van der Waals surface area contributed by atoms with E-state index < -0.39 is 0 Å². The van der Waals surface area contributed by atoms with Gasteiger partial charge in [-0.3, -0.25) is 0 Å². The van der Waals surface area contributed by atoms with Crippen molar-refractivity contribution in [2.24, 2.45) is 0 Å². The summed E-state index contributed by atoms with van der Waals surface area (Å²) in [5.74, 6) is 0. The molecule has 0 N–H and O–H groups in total. The first-order valence-corrected chi connectivity index (χ1v) is 22.1. The third-order valence-corrected chi connectivity index (χ3v) is 13.2. The fraction of sp³-hybridized carbons (Fsp3) is 0. The van der Waals surface area contributed by atoms with Crippen LogP contribution in [0.4, 0.5) is 34.1 Å². The molecule has 0 heterocycles. The van der Waals surface area contributed by atoms with E-state index in [-0.39, 0.29) is 0 Å². The van der Waals surface area contributed by atoms with E-state index in [4.69, 9.17) is 0 Å². The Morgan fingerprint density at radius 2 is 0.469 bits per heavy atom. The number of hydrogen-bond acceptors (Lipinski definition) is 2. The molecule has 13 aromatic carbocycles. The summed E-state index contributed by atoms with van der Waals surface area (Å²) in [6, 6.07) is 89.0. The fourth-order valence-electron chi connectivity index (χ4n) is 10.3. The van der Waals surface area contributed by atoms with Crippen LogP contribution in [0.15, 0.2) is 243 Å². The number of benzene rings is 13. The Morgan fingerprint density at radius 3 is 0.828 bits per heavy atom. The molecule has 298 valence electrons. The van der Waals surface area contributed by atoms with Gasteiger partial charge >= 0.3 is 0 Å². The molecule has 64 heavy (non-hydrogen) atoms. The molecule has 13 rings (SSSR count). The second-order valence-corrected chi connectivity index (χ2v) is 17.0. The smallest absolute Gasteiger partial charge is 0.0473 e. The molecule has 0 bridgehead atoms. The summed E-state index contributed by atoms with van der Waals surface area (Å²) < 4.78 is 0. The molecule has 0 aliphatic carbocycles. The van der Waals surface area contributed by atoms with Crippen molar-refractivity contribution in [1.82, 2.24) is 0 Å². The summed E-state index contributed by atoms with van der Waals surface area (Å²) in [6.07, 6.45) is 0. The zero-order valence-electron chi connectivity index (χ0n) is 35.0. The highest BCUT2D eigenvalue weighted by molar-refractivity contribution is 6.25. The van der Waals surface area contributed by atoms with Crippen LogP contribution in [-0.4, -0.2) is 0 Å². The first-order chi connectivity index (χ1) is 31.7. The molecule has 0 aromatic heterocycles. The molecule has 0 saturated heterocycles. The van der Waals surface area contributed by atoms with Gasteiger partial charge in [0.25, 0.3) is 0 Å². The summed E-state index contributed by atoms with van der Waals surface area (Å²) in [6.45, 7) is 0. The van der Waals surface area contributed by atoms with Crippen LogP contribution in [0.1, 0.15) is 0 Å². The number of para-hydroxylation sites is 2. The van der Waals surface area contributed by atoms with Crippen molar-refractivity contribution in [2.75, 3.05) is 9.80 Å². The minimum Gasteiger partial charge on any atom is -0.310 e. The molecule has 0 amide bonds. The Bertz CT molecular complexity index is 3440. The van der Waals surface area contributed by atoms with E-state index in [0.29, 0.717) is 0 Å². The normalized spacial score (nSPS) is 11.8. The SMILES string of the molecule is c1ccc(N(c2ccc(-c3cccc(-c4ccc(N(c5ccccc5)c5cc6ccc7cccc8ccc(c5)c6c78)cc4)c3)cc2)c2cc3ccc4cccc5ccc(c2)c3c45)cc1. The summed E-state index contributed by atoms with van der Waals surface area (Å²) in [5, 5.41) is 15.5. The van der Waals surface area contributed by atoms with Crippen LogP contribution in [0.2, 0.25) is 0 Å². The van der Waals surface area contributed by atoms with E-state index >= 15 is 0 Å². The maximum atomic E-state index is 2.37. The van der Waals surface area contributed by atoms with Crippen LogP contribution in [0.5, 0.6) is 0 Å². The second kappa shape index (κ2) is 14.6. The predicted molar refractivity (Wildman–Crippen MR) is 274 cm³/mol. The van der Waals surface area contributed by atoms with E-state index in [9.17, 15) is 0 Å². The minimum absolute atomic E-state index is 1.11. The van der Waals surface area contributed by atoms with Crippen molar-refractivity contribution < 1.29 is 0 Å². The molecule has 0 radical (unpaired) electrons. The highest BCUT2D eigenvalue weighted by atomic mass is 15.1. The van der Waals surface area contributed by atoms with Gasteiger partial charge in [0.1, 0.15) is 0 Å². The van der Waals surface area contributed by atoms with Crippen molar-refractivity contribution in [3.63, 3.8) is 0 Å². The molecule has 0 aliphatic heterocycles. The largest absolute Gasteiger partial charge is 0.310 e. The molecule has 13 aromatic rings. The quantitative estimate of drug-likeness (QED) is 0.141.